The van der Waals surface area contributed by atoms with Crippen molar-refractivity contribution in [1.82, 2.24) is 0 Å². The molecule has 0 aliphatic carbocycles. The Bertz CT molecular complexity index is 379. The summed E-state index contributed by atoms with van der Waals surface area (Å²) in [6, 6.07) is 1.54. The van der Waals surface area contributed by atoms with Crippen LogP contribution in [0.5, 0.6) is 0 Å². The highest BCUT2D eigenvalue weighted by Gasteiger charge is 2.08. The van der Waals surface area contributed by atoms with E-state index in [-0.39, 0.29) is 5.56 Å². The number of benzene rings is 1. The van der Waals surface area contributed by atoms with Crippen LogP contribution in [0.15, 0.2) is 12.1 Å². The van der Waals surface area contributed by atoms with Crippen LogP contribution in [-0.2, 0) is 0 Å². The van der Waals surface area contributed by atoms with Gasteiger partial charge in [0.25, 0.3) is 0 Å². The van der Waals surface area contributed by atoms with Gasteiger partial charge in [0.15, 0.2) is 17.5 Å². The first-order valence-corrected chi connectivity index (χ1v) is 3.85. The lowest BCUT2D eigenvalue weighted by atomic mass is 10.2. The van der Waals surface area contributed by atoms with Crippen molar-refractivity contribution in [2.24, 2.45) is 0 Å². The molecule has 1 unspecified atom stereocenters. The summed E-state index contributed by atoms with van der Waals surface area (Å²) in [6.45, 7) is 1.41. The van der Waals surface area contributed by atoms with E-state index >= 15 is 0 Å². The molecule has 14 heavy (non-hydrogen) atoms. The molecule has 1 aromatic carbocycles. The molecule has 0 radical (unpaired) electrons. The predicted molar refractivity (Wildman–Crippen MR) is 44.9 cm³/mol. The Balaban J connectivity index is 3.09. The summed E-state index contributed by atoms with van der Waals surface area (Å²) in [5, 5.41) is 8.77. The Labute approximate surface area is 79.2 Å². The van der Waals surface area contributed by atoms with Gasteiger partial charge in [-0.1, -0.05) is 11.8 Å². The van der Waals surface area contributed by atoms with Crippen molar-refractivity contribution in [3.8, 4) is 11.8 Å². The van der Waals surface area contributed by atoms with Gasteiger partial charge in [0, 0.05) is 5.56 Å². The first-order valence-electron chi connectivity index (χ1n) is 3.85. The summed E-state index contributed by atoms with van der Waals surface area (Å²) in [6.07, 6.45) is -0.897. The van der Waals surface area contributed by atoms with Crippen molar-refractivity contribution in [1.29, 1.82) is 0 Å². The fourth-order valence-electron chi connectivity index (χ4n) is 0.815. The van der Waals surface area contributed by atoms with Crippen LogP contribution in [0.1, 0.15) is 12.5 Å². The quantitative estimate of drug-likeness (QED) is 0.500. The Morgan fingerprint density at radius 3 is 2.14 bits per heavy atom. The molecule has 0 bridgehead atoms. The number of halogens is 3. The predicted octanol–water partition coefficient (Wildman–Crippen LogP) is 1.84. The molecule has 1 nitrogen and oxygen atoms in total. The van der Waals surface area contributed by atoms with Gasteiger partial charge in [0.1, 0.15) is 6.10 Å². The number of aliphatic hydroxyl groups is 1. The van der Waals surface area contributed by atoms with E-state index in [1.54, 1.807) is 0 Å². The van der Waals surface area contributed by atoms with Crippen molar-refractivity contribution in [2.75, 3.05) is 0 Å². The number of hydrogen-bond acceptors (Lipinski definition) is 1. The second kappa shape index (κ2) is 4.16. The molecule has 0 spiro atoms. The molecule has 0 saturated carbocycles. The van der Waals surface area contributed by atoms with Crippen LogP contribution in [-0.4, -0.2) is 11.2 Å². The molecule has 1 aromatic rings. The van der Waals surface area contributed by atoms with Crippen molar-refractivity contribution in [3.63, 3.8) is 0 Å². The highest BCUT2D eigenvalue weighted by molar-refractivity contribution is 5.35. The summed E-state index contributed by atoms with van der Waals surface area (Å²) in [5.74, 6) is 0.487. The van der Waals surface area contributed by atoms with Gasteiger partial charge in [0.2, 0.25) is 0 Å². The molecule has 1 N–H and O–H groups in total. The summed E-state index contributed by atoms with van der Waals surface area (Å²) in [7, 11) is 0. The largest absolute Gasteiger partial charge is 0.381 e. The van der Waals surface area contributed by atoms with Gasteiger partial charge in [0.05, 0.1) is 0 Å². The monoisotopic (exact) mass is 200 g/mol. The van der Waals surface area contributed by atoms with Gasteiger partial charge in [-0.05, 0) is 19.1 Å². The topological polar surface area (TPSA) is 20.2 Å². The Hall–Kier alpha value is -1.47. The van der Waals surface area contributed by atoms with Crippen molar-refractivity contribution in [2.45, 2.75) is 13.0 Å². The highest BCUT2D eigenvalue weighted by Crippen LogP contribution is 2.12. The van der Waals surface area contributed by atoms with Gasteiger partial charge >= 0.3 is 0 Å². The Morgan fingerprint density at radius 1 is 1.21 bits per heavy atom. The van der Waals surface area contributed by atoms with E-state index in [9.17, 15) is 13.2 Å². The third kappa shape index (κ3) is 2.51. The SMILES string of the molecule is CC(O)C#Cc1cc(F)c(F)c(F)c1. The molecule has 4 heteroatoms. The lowest BCUT2D eigenvalue weighted by Crippen LogP contribution is -1.95. The third-order valence-electron chi connectivity index (χ3n) is 1.41. The van der Waals surface area contributed by atoms with Crippen LogP contribution in [0, 0.1) is 29.3 Å². The number of hydrogen-bond donors (Lipinski definition) is 1. The van der Waals surface area contributed by atoms with Crippen molar-refractivity contribution >= 4 is 0 Å². The third-order valence-corrected chi connectivity index (χ3v) is 1.41. The van der Waals surface area contributed by atoms with Gasteiger partial charge in [-0.25, -0.2) is 13.2 Å². The molecule has 1 rings (SSSR count). The zero-order valence-corrected chi connectivity index (χ0v) is 7.31. The first kappa shape index (κ1) is 10.6. The smallest absolute Gasteiger partial charge is 0.194 e. The van der Waals surface area contributed by atoms with Crippen LogP contribution >= 0.6 is 0 Å². The fourth-order valence-corrected chi connectivity index (χ4v) is 0.815. The van der Waals surface area contributed by atoms with Gasteiger partial charge in [-0.2, -0.15) is 0 Å². The maximum atomic E-state index is 12.6. The maximum Gasteiger partial charge on any atom is 0.194 e. The average molecular weight is 200 g/mol. The average Bonchev–Trinajstić information content (AvgIpc) is 2.10. The van der Waals surface area contributed by atoms with Crippen LogP contribution in [0.3, 0.4) is 0 Å². The minimum atomic E-state index is -1.52. The zero-order valence-electron chi connectivity index (χ0n) is 7.31. The van der Waals surface area contributed by atoms with Crippen LogP contribution in [0.4, 0.5) is 13.2 Å². The minimum Gasteiger partial charge on any atom is -0.381 e. The molecule has 0 saturated heterocycles. The Morgan fingerprint density at radius 2 is 1.71 bits per heavy atom. The van der Waals surface area contributed by atoms with Crippen LogP contribution in [0.25, 0.3) is 0 Å². The van der Waals surface area contributed by atoms with E-state index in [0.717, 1.165) is 12.1 Å². The number of rotatable bonds is 0. The van der Waals surface area contributed by atoms with Crippen LogP contribution < -0.4 is 0 Å². The molecule has 74 valence electrons. The standard InChI is InChI=1S/C10H7F3O/c1-6(14)2-3-7-4-8(11)10(13)9(12)5-7/h4-6,14H,1H3. The van der Waals surface area contributed by atoms with Gasteiger partial charge < -0.3 is 5.11 Å². The fraction of sp³-hybridized carbons (Fsp3) is 0.200. The molecule has 1 atom stereocenters. The van der Waals surface area contributed by atoms with Crippen molar-refractivity contribution in [3.05, 3.63) is 35.1 Å². The molecule has 0 amide bonds. The maximum absolute atomic E-state index is 12.6. The summed E-state index contributed by atoms with van der Waals surface area (Å²) in [5.41, 5.74) is -0.0118. The highest BCUT2D eigenvalue weighted by atomic mass is 19.2. The molecular weight excluding hydrogens is 193 g/mol. The molecule has 0 aliphatic rings. The van der Waals surface area contributed by atoms with Gasteiger partial charge in [-0.3, -0.25) is 0 Å². The van der Waals surface area contributed by atoms with E-state index in [2.05, 4.69) is 11.8 Å². The molecule has 0 heterocycles. The second-order valence-electron chi connectivity index (χ2n) is 2.70. The van der Waals surface area contributed by atoms with E-state index in [1.165, 1.54) is 6.92 Å². The summed E-state index contributed by atoms with van der Waals surface area (Å²) >= 11 is 0. The van der Waals surface area contributed by atoms with E-state index in [1.807, 2.05) is 0 Å². The first-order chi connectivity index (χ1) is 6.50. The van der Waals surface area contributed by atoms with Crippen LogP contribution in [0.2, 0.25) is 0 Å². The van der Waals surface area contributed by atoms with Crippen molar-refractivity contribution < 1.29 is 18.3 Å². The number of aliphatic hydroxyl groups excluding tert-OH is 1. The van der Waals surface area contributed by atoms with Gasteiger partial charge in [-0.15, -0.1) is 0 Å². The lowest BCUT2D eigenvalue weighted by molar-refractivity contribution is 0.253. The molecule has 0 aromatic heterocycles. The molecule has 0 fully saturated rings. The Kier molecular flexibility index (Phi) is 3.15. The van der Waals surface area contributed by atoms with E-state index in [0.29, 0.717) is 0 Å². The molecular formula is C10H7F3O. The summed E-state index contributed by atoms with van der Waals surface area (Å²) in [4.78, 5) is 0. The van der Waals surface area contributed by atoms with E-state index in [4.69, 9.17) is 5.11 Å². The minimum absolute atomic E-state index is 0.0118. The summed E-state index contributed by atoms with van der Waals surface area (Å²) < 4.78 is 37.7. The molecule has 0 aliphatic heterocycles. The normalized spacial score (nSPS) is 11.8. The zero-order chi connectivity index (χ0) is 10.7. The second-order valence-corrected chi connectivity index (χ2v) is 2.70. The lowest BCUT2D eigenvalue weighted by Gasteiger charge is -1.96. The van der Waals surface area contributed by atoms with E-state index < -0.39 is 23.6 Å².